The second-order valence-corrected chi connectivity index (χ2v) is 10.0. The first-order chi connectivity index (χ1) is 13.7. The molecule has 1 atom stereocenters. The summed E-state index contributed by atoms with van der Waals surface area (Å²) >= 11 is 1.63. The SMILES string of the molecule is Cc1ccc(C2C(C#N)=C(N)N(c3ccccc3C)C3=C2C(=O)CC(C)(C)C3)s1. The Morgan fingerprint density at radius 2 is 1.90 bits per heavy atom. The predicted octanol–water partition coefficient (Wildman–Crippen LogP) is 5.31. The average Bonchev–Trinajstić information content (AvgIpc) is 3.07. The third-order valence-corrected chi connectivity index (χ3v) is 6.85. The molecule has 1 aliphatic heterocycles. The Labute approximate surface area is 176 Å². The molecule has 0 amide bonds. The van der Waals surface area contributed by atoms with Crippen LogP contribution in [-0.4, -0.2) is 5.78 Å². The van der Waals surface area contributed by atoms with Crippen LogP contribution in [0.3, 0.4) is 0 Å². The monoisotopic (exact) mass is 403 g/mol. The minimum absolute atomic E-state index is 0.117. The molecule has 2 heterocycles. The maximum Gasteiger partial charge on any atom is 0.162 e. The summed E-state index contributed by atoms with van der Waals surface area (Å²) in [6.07, 6.45) is 1.22. The van der Waals surface area contributed by atoms with Crippen LogP contribution in [0.15, 0.2) is 59.1 Å². The van der Waals surface area contributed by atoms with Crippen molar-refractivity contribution < 1.29 is 4.79 Å². The van der Waals surface area contributed by atoms with E-state index in [4.69, 9.17) is 5.73 Å². The summed E-state index contributed by atoms with van der Waals surface area (Å²) in [5.74, 6) is 0.172. The molecule has 1 unspecified atom stereocenters. The highest BCUT2D eigenvalue weighted by Crippen LogP contribution is 2.51. The van der Waals surface area contributed by atoms with Gasteiger partial charge in [-0.3, -0.25) is 9.69 Å². The normalized spacial score (nSPS) is 21.3. The van der Waals surface area contributed by atoms with Crippen LogP contribution in [0.5, 0.6) is 0 Å². The number of nitriles is 1. The fourth-order valence-corrected chi connectivity index (χ4v) is 5.49. The minimum Gasteiger partial charge on any atom is -0.384 e. The van der Waals surface area contributed by atoms with Gasteiger partial charge in [-0.15, -0.1) is 11.3 Å². The molecule has 0 fully saturated rings. The van der Waals surface area contributed by atoms with Crippen molar-refractivity contribution in [2.24, 2.45) is 11.1 Å². The van der Waals surface area contributed by atoms with Gasteiger partial charge in [0.15, 0.2) is 5.78 Å². The Bertz CT molecular complexity index is 1110. The number of carbonyl (C=O) groups is 1. The van der Waals surface area contributed by atoms with E-state index < -0.39 is 0 Å². The fourth-order valence-electron chi connectivity index (χ4n) is 4.49. The van der Waals surface area contributed by atoms with Crippen LogP contribution in [-0.2, 0) is 4.79 Å². The van der Waals surface area contributed by atoms with Crippen molar-refractivity contribution in [3.8, 4) is 6.07 Å². The van der Waals surface area contributed by atoms with Crippen LogP contribution in [0.4, 0.5) is 5.69 Å². The van der Waals surface area contributed by atoms with Gasteiger partial charge in [-0.2, -0.15) is 5.26 Å². The van der Waals surface area contributed by atoms with Gasteiger partial charge < -0.3 is 5.73 Å². The molecule has 148 valence electrons. The van der Waals surface area contributed by atoms with Crippen molar-refractivity contribution in [3.63, 3.8) is 0 Å². The summed E-state index contributed by atoms with van der Waals surface area (Å²) in [6, 6.07) is 14.4. The lowest BCUT2D eigenvalue weighted by atomic mass is 9.69. The van der Waals surface area contributed by atoms with E-state index in [1.807, 2.05) is 55.1 Å². The largest absolute Gasteiger partial charge is 0.384 e. The third kappa shape index (κ3) is 3.18. The maximum atomic E-state index is 13.4. The summed E-state index contributed by atoms with van der Waals surface area (Å²) in [5, 5.41) is 10.1. The molecule has 0 spiro atoms. The van der Waals surface area contributed by atoms with Crippen molar-refractivity contribution >= 4 is 22.8 Å². The number of aryl methyl sites for hydroxylation is 2. The molecule has 0 saturated carbocycles. The van der Waals surface area contributed by atoms with Crippen molar-refractivity contribution in [2.45, 2.75) is 46.5 Å². The van der Waals surface area contributed by atoms with Crippen LogP contribution in [0.1, 0.15) is 47.9 Å². The van der Waals surface area contributed by atoms with E-state index in [-0.39, 0.29) is 17.1 Å². The molecule has 1 aliphatic carbocycles. The van der Waals surface area contributed by atoms with Crippen molar-refractivity contribution in [2.75, 3.05) is 4.90 Å². The molecule has 2 aliphatic rings. The molecule has 0 bridgehead atoms. The number of ketones is 1. The van der Waals surface area contributed by atoms with E-state index >= 15 is 0 Å². The second-order valence-electron chi connectivity index (χ2n) is 8.72. The predicted molar refractivity (Wildman–Crippen MR) is 117 cm³/mol. The molecule has 5 heteroatoms. The van der Waals surface area contributed by atoms with Gasteiger partial charge in [0.25, 0.3) is 0 Å². The third-order valence-electron chi connectivity index (χ3n) is 5.78. The van der Waals surface area contributed by atoms with Crippen molar-refractivity contribution in [3.05, 3.63) is 74.4 Å². The van der Waals surface area contributed by atoms with Gasteiger partial charge in [-0.05, 0) is 49.4 Å². The number of rotatable bonds is 2. The topological polar surface area (TPSA) is 70.1 Å². The molecule has 0 radical (unpaired) electrons. The van der Waals surface area contributed by atoms with Crippen LogP contribution >= 0.6 is 11.3 Å². The molecule has 1 aromatic carbocycles. The molecule has 2 aromatic rings. The van der Waals surface area contributed by atoms with Gasteiger partial charge in [0.05, 0.1) is 23.2 Å². The number of para-hydroxylation sites is 1. The molecular weight excluding hydrogens is 378 g/mol. The molecule has 4 rings (SSSR count). The summed E-state index contributed by atoms with van der Waals surface area (Å²) in [5.41, 5.74) is 10.6. The van der Waals surface area contributed by atoms with E-state index in [0.29, 0.717) is 17.8 Å². The van der Waals surface area contributed by atoms with E-state index in [1.54, 1.807) is 11.3 Å². The van der Waals surface area contributed by atoms with Gasteiger partial charge in [0.2, 0.25) is 0 Å². The van der Waals surface area contributed by atoms with Crippen molar-refractivity contribution in [1.29, 1.82) is 5.26 Å². The first-order valence-corrected chi connectivity index (χ1v) is 10.6. The number of anilines is 1. The standard InChI is InChI=1S/C24H25N3OS/c1-14-7-5-6-8-17(14)27-18-11-24(3,4)12-19(28)22(18)21(16(13-25)23(27)26)20-10-9-15(2)29-20/h5-10,21H,11-12,26H2,1-4H3. The summed E-state index contributed by atoms with van der Waals surface area (Å²) in [7, 11) is 0. The molecule has 4 nitrogen and oxygen atoms in total. The zero-order valence-corrected chi connectivity index (χ0v) is 18.1. The zero-order chi connectivity index (χ0) is 20.9. The number of carbonyl (C=O) groups excluding carboxylic acids is 1. The van der Waals surface area contributed by atoms with Gasteiger partial charge in [-0.1, -0.05) is 32.0 Å². The van der Waals surface area contributed by atoms with Crippen LogP contribution < -0.4 is 10.6 Å². The highest BCUT2D eigenvalue weighted by atomic mass is 32.1. The second kappa shape index (κ2) is 6.89. The lowest BCUT2D eigenvalue weighted by molar-refractivity contribution is -0.118. The number of hydrogen-bond acceptors (Lipinski definition) is 5. The molecule has 29 heavy (non-hydrogen) atoms. The lowest BCUT2D eigenvalue weighted by Crippen LogP contribution is -2.42. The van der Waals surface area contributed by atoms with E-state index in [9.17, 15) is 10.1 Å². The van der Waals surface area contributed by atoms with Gasteiger partial charge >= 0.3 is 0 Å². The fraction of sp³-hybridized carbons (Fsp3) is 0.333. The Hall–Kier alpha value is -2.84. The Balaban J connectivity index is 2.02. The number of nitrogens with two attached hydrogens (primary N) is 1. The molecular formula is C24H25N3OS. The maximum absolute atomic E-state index is 13.4. The number of benzene rings is 1. The first-order valence-electron chi connectivity index (χ1n) is 9.81. The highest BCUT2D eigenvalue weighted by molar-refractivity contribution is 7.12. The summed E-state index contributed by atoms with van der Waals surface area (Å²) in [6.45, 7) is 8.31. The molecule has 0 saturated heterocycles. The Morgan fingerprint density at radius 1 is 1.17 bits per heavy atom. The van der Waals surface area contributed by atoms with Crippen molar-refractivity contribution in [1.82, 2.24) is 0 Å². The number of allylic oxidation sites excluding steroid dienone is 3. The molecule has 1 aromatic heterocycles. The number of thiophene rings is 1. The highest BCUT2D eigenvalue weighted by Gasteiger charge is 2.45. The molecule has 2 N–H and O–H groups in total. The van der Waals surface area contributed by atoms with E-state index in [1.165, 1.54) is 0 Å². The van der Waals surface area contributed by atoms with Gasteiger partial charge in [-0.25, -0.2) is 0 Å². The van der Waals surface area contributed by atoms with Crippen LogP contribution in [0.25, 0.3) is 0 Å². The Kier molecular flexibility index (Phi) is 4.63. The first kappa shape index (κ1) is 19.5. The number of Topliss-reactive ketones (excluding diaryl/α,β-unsaturated/α-hetero) is 1. The minimum atomic E-state index is -0.377. The zero-order valence-electron chi connectivity index (χ0n) is 17.2. The quantitative estimate of drug-likeness (QED) is 0.738. The smallest absolute Gasteiger partial charge is 0.162 e. The van der Waals surface area contributed by atoms with Gasteiger partial charge in [0, 0.05) is 27.4 Å². The average molecular weight is 404 g/mol. The van der Waals surface area contributed by atoms with Crippen LogP contribution in [0, 0.1) is 30.6 Å². The van der Waals surface area contributed by atoms with Gasteiger partial charge in [0.1, 0.15) is 5.82 Å². The van der Waals surface area contributed by atoms with Crippen LogP contribution in [0.2, 0.25) is 0 Å². The lowest BCUT2D eigenvalue weighted by Gasteiger charge is -2.43. The Morgan fingerprint density at radius 3 is 2.52 bits per heavy atom. The summed E-state index contributed by atoms with van der Waals surface area (Å²) in [4.78, 5) is 17.5. The van der Waals surface area contributed by atoms with E-state index in [0.717, 1.165) is 38.7 Å². The number of hydrogen-bond donors (Lipinski definition) is 1. The summed E-state index contributed by atoms with van der Waals surface area (Å²) < 4.78 is 0. The number of nitrogens with zero attached hydrogens (tertiary/aromatic N) is 2. The van der Waals surface area contributed by atoms with E-state index in [2.05, 4.69) is 19.9 Å².